The summed E-state index contributed by atoms with van der Waals surface area (Å²) in [5, 5.41) is 5.12. The molecule has 0 bridgehead atoms. The Morgan fingerprint density at radius 2 is 2.08 bits per heavy atom. The molecule has 128 valence electrons. The van der Waals surface area contributed by atoms with Crippen LogP contribution in [0, 0.1) is 11.3 Å². The van der Waals surface area contributed by atoms with Gasteiger partial charge in [-0.15, -0.1) is 18.2 Å². The van der Waals surface area contributed by atoms with E-state index in [-0.39, 0.29) is 22.2 Å². The molecule has 2 aliphatic rings. The van der Waals surface area contributed by atoms with Crippen LogP contribution in [0.2, 0.25) is 0 Å². The van der Waals surface area contributed by atoms with Crippen LogP contribution >= 0.6 is 11.6 Å². The third-order valence-corrected chi connectivity index (χ3v) is 7.71. The lowest BCUT2D eigenvalue weighted by Crippen LogP contribution is -2.59. The van der Waals surface area contributed by atoms with Crippen molar-refractivity contribution in [2.75, 3.05) is 7.05 Å². The van der Waals surface area contributed by atoms with Crippen molar-refractivity contribution in [2.45, 2.75) is 49.9 Å². The van der Waals surface area contributed by atoms with E-state index in [0.717, 1.165) is 6.42 Å². The highest BCUT2D eigenvalue weighted by Gasteiger charge is 2.56. The van der Waals surface area contributed by atoms with Crippen molar-refractivity contribution in [2.24, 2.45) is 11.3 Å². The SMILES string of the molecule is C=CC1(C)C(Cl)CC2C(c3c[nH]c4cccc(c34)C2(C)C)C1NC. The molecule has 2 aliphatic carbocycles. The molecule has 3 heteroatoms. The fourth-order valence-electron chi connectivity index (χ4n) is 5.53. The van der Waals surface area contributed by atoms with Crippen LogP contribution in [-0.2, 0) is 5.41 Å². The molecule has 2 N–H and O–H groups in total. The van der Waals surface area contributed by atoms with Gasteiger partial charge in [0.2, 0.25) is 0 Å². The van der Waals surface area contributed by atoms with Gasteiger partial charge in [-0.1, -0.05) is 39.0 Å². The molecule has 1 saturated carbocycles. The summed E-state index contributed by atoms with van der Waals surface area (Å²) in [5.74, 6) is 0.950. The number of H-pyrrole nitrogens is 1. The highest BCUT2D eigenvalue weighted by molar-refractivity contribution is 6.21. The number of fused-ring (bicyclic) bond motifs is 2. The zero-order chi connectivity index (χ0) is 17.3. The van der Waals surface area contributed by atoms with Gasteiger partial charge in [-0.25, -0.2) is 0 Å². The van der Waals surface area contributed by atoms with Gasteiger partial charge in [0, 0.05) is 39.9 Å². The van der Waals surface area contributed by atoms with Gasteiger partial charge in [-0.2, -0.15) is 0 Å². The lowest BCUT2D eigenvalue weighted by atomic mass is 9.51. The second-order valence-corrected chi connectivity index (χ2v) is 8.89. The summed E-state index contributed by atoms with van der Waals surface area (Å²) < 4.78 is 0. The predicted molar refractivity (Wildman–Crippen MR) is 103 cm³/mol. The second-order valence-electron chi connectivity index (χ2n) is 8.37. The minimum Gasteiger partial charge on any atom is -0.361 e. The molecule has 5 unspecified atom stereocenters. The van der Waals surface area contributed by atoms with Crippen molar-refractivity contribution in [3.8, 4) is 0 Å². The Morgan fingerprint density at radius 1 is 1.33 bits per heavy atom. The monoisotopic (exact) mass is 342 g/mol. The molecule has 4 rings (SSSR count). The van der Waals surface area contributed by atoms with Crippen LogP contribution in [0.3, 0.4) is 0 Å². The summed E-state index contributed by atoms with van der Waals surface area (Å²) in [4.78, 5) is 3.51. The summed E-state index contributed by atoms with van der Waals surface area (Å²) in [7, 11) is 2.07. The average molecular weight is 343 g/mol. The van der Waals surface area contributed by atoms with Gasteiger partial charge in [0.15, 0.2) is 0 Å². The van der Waals surface area contributed by atoms with Gasteiger partial charge in [-0.05, 0) is 42.0 Å². The summed E-state index contributed by atoms with van der Waals surface area (Å²) in [5.41, 5.74) is 4.13. The zero-order valence-corrected chi connectivity index (χ0v) is 15.7. The number of likely N-dealkylation sites (N-methyl/N-ethyl adjacent to an activating group) is 1. The Balaban J connectivity index is 2.01. The average Bonchev–Trinajstić information content (AvgIpc) is 2.99. The zero-order valence-electron chi connectivity index (χ0n) is 15.0. The molecule has 0 saturated heterocycles. The summed E-state index contributed by atoms with van der Waals surface area (Å²) in [6.45, 7) is 11.2. The maximum absolute atomic E-state index is 6.93. The van der Waals surface area contributed by atoms with Gasteiger partial charge >= 0.3 is 0 Å². The second kappa shape index (κ2) is 5.12. The van der Waals surface area contributed by atoms with E-state index in [4.69, 9.17) is 11.6 Å². The smallest absolute Gasteiger partial charge is 0.0459 e. The number of nitrogens with one attached hydrogen (secondary N) is 2. The first kappa shape index (κ1) is 16.2. The van der Waals surface area contributed by atoms with Gasteiger partial charge in [0.25, 0.3) is 0 Å². The molecule has 0 aliphatic heterocycles. The standard InChI is InChI=1S/C21H27ClN2/c1-6-21(4)16(22)10-14-18(19(21)23-5)12-11-24-15-9-7-8-13(17(12)15)20(14,2)3/h6-9,11,14,16,18-19,23-24H,1,10H2,2-5H3. The number of hydrogen-bond acceptors (Lipinski definition) is 1. The largest absolute Gasteiger partial charge is 0.361 e. The first-order chi connectivity index (χ1) is 11.4. The van der Waals surface area contributed by atoms with Crippen LogP contribution in [0.5, 0.6) is 0 Å². The van der Waals surface area contributed by atoms with Gasteiger partial charge in [0.05, 0.1) is 0 Å². The molecule has 2 nitrogen and oxygen atoms in total. The molecule has 1 fully saturated rings. The van der Waals surface area contributed by atoms with Gasteiger partial charge in [-0.3, -0.25) is 0 Å². The molecule has 1 aromatic heterocycles. The maximum atomic E-state index is 6.93. The van der Waals surface area contributed by atoms with Crippen LogP contribution in [-0.4, -0.2) is 23.5 Å². The molecule has 5 atom stereocenters. The Bertz CT molecular complexity index is 805. The molecule has 1 heterocycles. The predicted octanol–water partition coefficient (Wildman–Crippen LogP) is 4.95. The van der Waals surface area contributed by atoms with E-state index in [9.17, 15) is 0 Å². The number of aromatic amines is 1. The van der Waals surface area contributed by atoms with Crippen LogP contribution < -0.4 is 5.32 Å². The highest BCUT2D eigenvalue weighted by atomic mass is 35.5. The number of halogens is 1. The first-order valence-corrected chi connectivity index (χ1v) is 9.35. The van der Waals surface area contributed by atoms with E-state index >= 15 is 0 Å². The minimum atomic E-state index is -0.122. The van der Waals surface area contributed by atoms with Crippen molar-refractivity contribution in [1.82, 2.24) is 10.3 Å². The van der Waals surface area contributed by atoms with Gasteiger partial charge < -0.3 is 10.3 Å². The van der Waals surface area contributed by atoms with E-state index < -0.39 is 0 Å². The van der Waals surface area contributed by atoms with Crippen LogP contribution in [0.4, 0.5) is 0 Å². The van der Waals surface area contributed by atoms with E-state index in [1.165, 1.54) is 22.0 Å². The van der Waals surface area contributed by atoms with Crippen LogP contribution in [0.15, 0.2) is 37.1 Å². The Morgan fingerprint density at radius 3 is 2.75 bits per heavy atom. The molecule has 0 amide bonds. The summed E-state index contributed by atoms with van der Waals surface area (Å²) in [6.07, 6.45) is 5.31. The minimum absolute atomic E-state index is 0.0904. The molecule has 0 spiro atoms. The van der Waals surface area contributed by atoms with Crippen molar-refractivity contribution in [3.63, 3.8) is 0 Å². The van der Waals surface area contributed by atoms with Crippen molar-refractivity contribution < 1.29 is 0 Å². The fourth-order valence-corrected chi connectivity index (χ4v) is 5.95. The van der Waals surface area contributed by atoms with Crippen molar-refractivity contribution >= 4 is 22.5 Å². The number of rotatable bonds is 2. The fraction of sp³-hybridized carbons (Fsp3) is 0.524. The topological polar surface area (TPSA) is 27.8 Å². The lowest BCUT2D eigenvalue weighted by molar-refractivity contribution is 0.0906. The van der Waals surface area contributed by atoms with Crippen LogP contribution in [0.1, 0.15) is 44.2 Å². The molecule has 24 heavy (non-hydrogen) atoms. The number of hydrogen-bond donors (Lipinski definition) is 2. The number of benzene rings is 1. The van der Waals surface area contributed by atoms with E-state index in [2.05, 4.69) is 75.2 Å². The van der Waals surface area contributed by atoms with Crippen molar-refractivity contribution in [1.29, 1.82) is 0 Å². The van der Waals surface area contributed by atoms with E-state index in [0.29, 0.717) is 11.8 Å². The number of aromatic nitrogens is 1. The number of alkyl halides is 1. The first-order valence-electron chi connectivity index (χ1n) is 8.91. The van der Waals surface area contributed by atoms with E-state index in [1.54, 1.807) is 0 Å². The molecular formula is C21H27ClN2. The molecule has 2 aromatic rings. The Hall–Kier alpha value is -1.25. The molecule has 1 aromatic carbocycles. The lowest BCUT2D eigenvalue weighted by Gasteiger charge is -2.57. The van der Waals surface area contributed by atoms with E-state index in [1.807, 2.05) is 0 Å². The molecule has 0 radical (unpaired) electrons. The third kappa shape index (κ3) is 1.82. The quantitative estimate of drug-likeness (QED) is 0.586. The van der Waals surface area contributed by atoms with Gasteiger partial charge in [0.1, 0.15) is 0 Å². The Kier molecular flexibility index (Phi) is 3.47. The Labute approximate surface area is 149 Å². The molecular weight excluding hydrogens is 316 g/mol. The van der Waals surface area contributed by atoms with Crippen molar-refractivity contribution in [3.05, 3.63) is 48.2 Å². The highest BCUT2D eigenvalue weighted by Crippen LogP contribution is 2.59. The summed E-state index contributed by atoms with van der Waals surface area (Å²) >= 11 is 6.93. The normalized spacial score (nSPS) is 37.2. The summed E-state index contributed by atoms with van der Waals surface area (Å²) in [6, 6.07) is 6.94. The maximum Gasteiger partial charge on any atom is 0.0459 e. The van der Waals surface area contributed by atoms with Crippen LogP contribution in [0.25, 0.3) is 10.9 Å². The third-order valence-electron chi connectivity index (χ3n) is 7.07.